The van der Waals surface area contributed by atoms with Gasteiger partial charge in [0.15, 0.2) is 0 Å². The van der Waals surface area contributed by atoms with E-state index in [1.807, 2.05) is 12.3 Å². The lowest BCUT2D eigenvalue weighted by Gasteiger charge is -2.22. The molecule has 0 fully saturated rings. The van der Waals surface area contributed by atoms with E-state index in [0.29, 0.717) is 5.95 Å². The molecule has 0 aliphatic heterocycles. The van der Waals surface area contributed by atoms with Gasteiger partial charge in [-0.25, -0.2) is 9.97 Å². The van der Waals surface area contributed by atoms with Crippen molar-refractivity contribution in [3.8, 4) is 45.1 Å². The van der Waals surface area contributed by atoms with Crippen LogP contribution >= 0.6 is 0 Å². The van der Waals surface area contributed by atoms with Crippen LogP contribution < -0.4 is 0 Å². The predicted octanol–water partition coefficient (Wildman–Crippen LogP) is 13.0. The standard InChI is InChI=1S/C52H38N4/c1-51(2)41-17-9-5-13-33(41)35-23-21-31(27-43(35)51)45-25-26-53-50(54-45)56-48-24-22-32(55-46-19-11-7-15-36(46)37-16-8-12-20-47(37)55)28-39(48)40-29-44-38(30-49(40)56)34-14-6-10-18-42(34)52(44,3)4/h5-30H,1-4H3. The van der Waals surface area contributed by atoms with Gasteiger partial charge in [0.2, 0.25) is 5.95 Å². The van der Waals surface area contributed by atoms with Crippen molar-refractivity contribution < 1.29 is 0 Å². The Labute approximate surface area is 325 Å². The molecule has 2 aliphatic rings. The summed E-state index contributed by atoms with van der Waals surface area (Å²) in [5.41, 5.74) is 18.1. The Morgan fingerprint density at radius 2 is 0.982 bits per heavy atom. The quantitative estimate of drug-likeness (QED) is 0.182. The van der Waals surface area contributed by atoms with Crippen molar-refractivity contribution in [2.75, 3.05) is 0 Å². The van der Waals surface area contributed by atoms with Gasteiger partial charge in [-0.15, -0.1) is 0 Å². The maximum absolute atomic E-state index is 5.38. The summed E-state index contributed by atoms with van der Waals surface area (Å²) in [6, 6.07) is 55.8. The van der Waals surface area contributed by atoms with Crippen LogP contribution in [0.25, 0.3) is 88.8 Å². The van der Waals surface area contributed by atoms with Gasteiger partial charge < -0.3 is 4.57 Å². The molecule has 4 heteroatoms. The second-order valence-electron chi connectivity index (χ2n) is 16.7. The van der Waals surface area contributed by atoms with Gasteiger partial charge in [0, 0.05) is 49.8 Å². The van der Waals surface area contributed by atoms with E-state index < -0.39 is 0 Å². The zero-order chi connectivity index (χ0) is 37.5. The highest BCUT2D eigenvalue weighted by atomic mass is 15.2. The monoisotopic (exact) mass is 718 g/mol. The average molecular weight is 719 g/mol. The fraction of sp³-hybridized carbons (Fsp3) is 0.115. The topological polar surface area (TPSA) is 35.6 Å². The van der Waals surface area contributed by atoms with E-state index in [1.54, 1.807) is 0 Å². The first-order valence-corrected chi connectivity index (χ1v) is 19.6. The maximum atomic E-state index is 5.38. The molecule has 0 saturated heterocycles. The summed E-state index contributed by atoms with van der Waals surface area (Å²) < 4.78 is 4.69. The number of rotatable bonds is 3. The van der Waals surface area contributed by atoms with E-state index >= 15 is 0 Å². The van der Waals surface area contributed by atoms with Crippen molar-refractivity contribution >= 4 is 43.6 Å². The SMILES string of the molecule is CC1(C)c2ccccc2-c2ccc(-c3ccnc(-n4c5ccc(-n6c7ccccc7c7ccccc76)cc5c5cc6c(cc54)-c4ccccc4C6(C)C)n3)cc21. The van der Waals surface area contributed by atoms with E-state index in [0.717, 1.165) is 28.0 Å². The molecule has 56 heavy (non-hydrogen) atoms. The summed E-state index contributed by atoms with van der Waals surface area (Å²) in [5, 5.41) is 4.90. The second kappa shape index (κ2) is 10.9. The Kier molecular flexibility index (Phi) is 6.15. The lowest BCUT2D eigenvalue weighted by atomic mass is 9.82. The number of hydrogen-bond acceptors (Lipinski definition) is 2. The third kappa shape index (κ3) is 4.08. The molecule has 0 spiro atoms. The number of aromatic nitrogens is 4. The van der Waals surface area contributed by atoms with E-state index in [1.165, 1.54) is 77.1 Å². The lowest BCUT2D eigenvalue weighted by Crippen LogP contribution is -2.15. The molecule has 12 rings (SSSR count). The van der Waals surface area contributed by atoms with Gasteiger partial charge in [-0.1, -0.05) is 125 Å². The Morgan fingerprint density at radius 3 is 1.70 bits per heavy atom. The van der Waals surface area contributed by atoms with Gasteiger partial charge in [-0.3, -0.25) is 4.57 Å². The molecule has 0 radical (unpaired) electrons. The van der Waals surface area contributed by atoms with Crippen LogP contribution in [-0.4, -0.2) is 19.1 Å². The predicted molar refractivity (Wildman–Crippen MR) is 231 cm³/mol. The smallest absolute Gasteiger partial charge is 0.235 e. The van der Waals surface area contributed by atoms with E-state index in [9.17, 15) is 0 Å². The molecule has 266 valence electrons. The summed E-state index contributed by atoms with van der Waals surface area (Å²) in [4.78, 5) is 10.4. The van der Waals surface area contributed by atoms with Crippen LogP contribution in [0.2, 0.25) is 0 Å². The highest BCUT2D eigenvalue weighted by Crippen LogP contribution is 2.52. The molecule has 4 nitrogen and oxygen atoms in total. The number of para-hydroxylation sites is 2. The van der Waals surface area contributed by atoms with Crippen LogP contribution in [0, 0.1) is 0 Å². The first-order chi connectivity index (χ1) is 27.3. The highest BCUT2D eigenvalue weighted by Gasteiger charge is 2.37. The van der Waals surface area contributed by atoms with Gasteiger partial charge in [0.05, 0.1) is 27.8 Å². The molecule has 2 aliphatic carbocycles. The molecular formula is C52H38N4. The fourth-order valence-electron chi connectivity index (χ4n) is 10.2. The van der Waals surface area contributed by atoms with Crippen LogP contribution in [0.15, 0.2) is 158 Å². The van der Waals surface area contributed by atoms with Gasteiger partial charge in [0.25, 0.3) is 0 Å². The minimum atomic E-state index is -0.129. The number of nitrogens with zero attached hydrogens (tertiary/aromatic N) is 4. The van der Waals surface area contributed by atoms with Crippen molar-refractivity contribution in [3.63, 3.8) is 0 Å². The minimum absolute atomic E-state index is 0.0941. The van der Waals surface area contributed by atoms with E-state index in [4.69, 9.17) is 9.97 Å². The Hall–Kier alpha value is -6.78. The van der Waals surface area contributed by atoms with Crippen molar-refractivity contribution in [2.45, 2.75) is 38.5 Å². The molecule has 0 N–H and O–H groups in total. The summed E-state index contributed by atoms with van der Waals surface area (Å²) in [7, 11) is 0. The highest BCUT2D eigenvalue weighted by molar-refractivity contribution is 6.13. The number of fused-ring (bicyclic) bond motifs is 12. The number of benzene rings is 7. The molecular weight excluding hydrogens is 681 g/mol. The zero-order valence-electron chi connectivity index (χ0n) is 31.8. The molecule has 0 unspecified atom stereocenters. The first kappa shape index (κ1) is 31.6. The Morgan fingerprint density at radius 1 is 0.411 bits per heavy atom. The average Bonchev–Trinajstić information content (AvgIpc) is 3.89. The van der Waals surface area contributed by atoms with Crippen molar-refractivity contribution in [1.82, 2.24) is 19.1 Å². The molecule has 0 bridgehead atoms. The minimum Gasteiger partial charge on any atom is -0.309 e. The van der Waals surface area contributed by atoms with Crippen molar-refractivity contribution in [2.24, 2.45) is 0 Å². The lowest BCUT2D eigenvalue weighted by molar-refractivity contribution is 0.660. The molecule has 0 atom stereocenters. The van der Waals surface area contributed by atoms with Crippen molar-refractivity contribution in [1.29, 1.82) is 0 Å². The van der Waals surface area contributed by atoms with Crippen LogP contribution in [0.3, 0.4) is 0 Å². The summed E-state index contributed by atoms with van der Waals surface area (Å²) in [6.45, 7) is 9.37. The van der Waals surface area contributed by atoms with Crippen LogP contribution in [-0.2, 0) is 10.8 Å². The Balaban J connectivity index is 1.10. The van der Waals surface area contributed by atoms with Gasteiger partial charge in [0.1, 0.15) is 0 Å². The number of hydrogen-bond donors (Lipinski definition) is 0. The zero-order valence-corrected chi connectivity index (χ0v) is 31.8. The molecule has 0 amide bonds. The van der Waals surface area contributed by atoms with Gasteiger partial charge >= 0.3 is 0 Å². The summed E-state index contributed by atoms with van der Waals surface area (Å²) in [5.74, 6) is 0.667. The molecule has 3 aromatic heterocycles. The largest absolute Gasteiger partial charge is 0.309 e. The van der Waals surface area contributed by atoms with Crippen LogP contribution in [0.4, 0.5) is 0 Å². The van der Waals surface area contributed by atoms with Crippen LogP contribution in [0.5, 0.6) is 0 Å². The molecule has 7 aromatic carbocycles. The molecule has 0 saturated carbocycles. The van der Waals surface area contributed by atoms with E-state index in [2.05, 4.69) is 182 Å². The first-order valence-electron chi connectivity index (χ1n) is 19.6. The third-order valence-electron chi connectivity index (χ3n) is 13.0. The van der Waals surface area contributed by atoms with Gasteiger partial charge in [-0.05, 0) is 99.1 Å². The summed E-state index contributed by atoms with van der Waals surface area (Å²) in [6.07, 6.45) is 1.92. The van der Waals surface area contributed by atoms with Gasteiger partial charge in [-0.2, -0.15) is 0 Å². The second-order valence-corrected chi connectivity index (χ2v) is 16.7. The fourth-order valence-corrected chi connectivity index (χ4v) is 10.2. The van der Waals surface area contributed by atoms with Crippen LogP contribution in [0.1, 0.15) is 49.9 Å². The van der Waals surface area contributed by atoms with Crippen molar-refractivity contribution in [3.05, 3.63) is 180 Å². The normalized spacial score (nSPS) is 14.7. The van der Waals surface area contributed by atoms with E-state index in [-0.39, 0.29) is 10.8 Å². The third-order valence-corrected chi connectivity index (χ3v) is 13.0. The maximum Gasteiger partial charge on any atom is 0.235 e. The molecule has 10 aromatic rings. The summed E-state index contributed by atoms with van der Waals surface area (Å²) >= 11 is 0. The molecule has 3 heterocycles. The Bertz CT molecular complexity index is 3260.